The molecule has 0 saturated heterocycles. The lowest BCUT2D eigenvalue weighted by atomic mass is 10.0. The average molecular weight is 1370 g/mol. The van der Waals surface area contributed by atoms with E-state index < -0.39 is 233 Å². The Morgan fingerprint density at radius 3 is 0.500 bits per heavy atom. The summed E-state index contributed by atoms with van der Waals surface area (Å²) in [6.45, 7) is 19.3. The Morgan fingerprint density at radius 2 is 0.370 bits per heavy atom. The van der Waals surface area contributed by atoms with Gasteiger partial charge >= 0.3 is 0 Å². The number of nitrogens with one attached hydrogen (secondary N) is 2. The van der Waals surface area contributed by atoms with E-state index in [2.05, 4.69) is 19.9 Å². The first-order chi connectivity index (χ1) is 43.7. The maximum Gasteiger partial charge on any atom is 0.204 e. The molecule has 92 heavy (non-hydrogen) atoms. The van der Waals surface area contributed by atoms with Crippen LogP contribution in [0.5, 0.6) is 0 Å². The highest BCUT2D eigenvalue weighted by molar-refractivity contribution is 7.84. The Labute approximate surface area is 526 Å². The molecule has 0 atom stereocenters. The predicted molar refractivity (Wildman–Crippen MR) is 353 cm³/mol. The largest absolute Gasteiger partial charge is 0.354 e. The number of aromatic amines is 2. The van der Waals surface area contributed by atoms with Crippen LogP contribution in [0.2, 0.25) is 0 Å². The minimum atomic E-state index is -3.00. The molecule has 0 amide bonds. The zero-order valence-corrected chi connectivity index (χ0v) is 56.4. The van der Waals surface area contributed by atoms with Crippen LogP contribution in [0, 0.1) is 93.1 Å². The molecule has 9 rings (SSSR count). The van der Waals surface area contributed by atoms with E-state index in [0.29, 0.717) is 0 Å². The van der Waals surface area contributed by atoms with Crippen molar-refractivity contribution in [3.8, 4) is 44.5 Å². The number of hydrogen-bond donors (Lipinski definition) is 2. The molecule has 0 spiro atoms. The molecular formula is C68H70F16N4P4+4. The van der Waals surface area contributed by atoms with Gasteiger partial charge < -0.3 is 9.97 Å². The second-order valence-electron chi connectivity index (χ2n) is 22.8. The van der Waals surface area contributed by atoms with Gasteiger partial charge in [0, 0.05) is 44.3 Å². The summed E-state index contributed by atoms with van der Waals surface area (Å²) >= 11 is 0. The summed E-state index contributed by atoms with van der Waals surface area (Å²) in [6, 6.07) is 3.89. The van der Waals surface area contributed by atoms with Gasteiger partial charge in [-0.3, -0.25) is 0 Å². The standard InChI is InChI=1S/C68H70F16N4P4/c1-13-89(14-2,15-3)65-57(77)49(69)45(50(70)58(65)78)41-33-25-27-35(85-33)42(46-51(71)59(79)66(60(80)52(46)72)90(16-4,17-5)18-6)37-29-31-39(87-37)44(48-55(75)63(83)68(64(84)56(48)76)92(22-10,23-11)24-12)40-32-30-38(88-40)43(36-28-26-34(41)86-36)47-53(73)61(81)67(62(82)54(47)74)91(19-7,20-8)21-9/h25-32,85,88H,13-24H2,1-12H3/q+4. The molecule has 2 aliphatic heterocycles. The molecule has 0 radical (unpaired) electrons. The fraction of sp³-hybridized carbons (Fsp3) is 0.353. The van der Waals surface area contributed by atoms with E-state index in [0.717, 1.165) is 48.6 Å². The summed E-state index contributed by atoms with van der Waals surface area (Å²) < 4.78 is 278. The van der Waals surface area contributed by atoms with Crippen molar-refractivity contribution in [1.82, 2.24) is 19.9 Å². The van der Waals surface area contributed by atoms with Crippen molar-refractivity contribution >= 4 is 96.6 Å². The van der Waals surface area contributed by atoms with Crippen LogP contribution in [0.25, 0.3) is 90.9 Å². The van der Waals surface area contributed by atoms with Crippen LogP contribution in [-0.2, 0) is 0 Å². The first-order valence-electron chi connectivity index (χ1n) is 30.7. The van der Waals surface area contributed by atoms with Crippen LogP contribution in [-0.4, -0.2) is 93.9 Å². The Kier molecular flexibility index (Phi) is 20.4. The van der Waals surface area contributed by atoms with Crippen LogP contribution < -0.4 is 21.2 Å². The molecule has 4 aromatic carbocycles. The lowest BCUT2D eigenvalue weighted by Gasteiger charge is -2.25. The van der Waals surface area contributed by atoms with E-state index in [1.807, 2.05) is 0 Å². The minimum Gasteiger partial charge on any atom is -0.354 e. The number of fused-ring (bicyclic) bond motifs is 8. The van der Waals surface area contributed by atoms with Crippen LogP contribution in [0.3, 0.4) is 0 Å². The second-order valence-corrected chi connectivity index (χ2v) is 41.3. The van der Waals surface area contributed by atoms with Gasteiger partial charge in [-0.15, -0.1) is 0 Å². The molecule has 0 saturated carbocycles. The summed E-state index contributed by atoms with van der Waals surface area (Å²) in [5, 5.41) is -3.33. The lowest BCUT2D eigenvalue weighted by molar-refractivity contribution is 0.467. The van der Waals surface area contributed by atoms with Crippen molar-refractivity contribution in [3.63, 3.8) is 0 Å². The number of halogens is 16. The molecule has 2 N–H and O–H groups in total. The second kappa shape index (κ2) is 26.7. The topological polar surface area (TPSA) is 57.4 Å². The molecule has 0 unspecified atom stereocenters. The first kappa shape index (κ1) is 70.4. The fourth-order valence-corrected chi connectivity index (χ4v) is 27.1. The van der Waals surface area contributed by atoms with Gasteiger partial charge in [-0.05, 0) is 132 Å². The zero-order valence-electron chi connectivity index (χ0n) is 52.8. The van der Waals surface area contributed by atoms with Crippen molar-refractivity contribution in [2.45, 2.75) is 83.1 Å². The summed E-state index contributed by atoms with van der Waals surface area (Å²) in [5.74, 6) is -30.1. The van der Waals surface area contributed by atoms with Gasteiger partial charge in [0.05, 0.1) is 148 Å². The molecule has 0 fully saturated rings. The highest BCUT2D eigenvalue weighted by Crippen LogP contribution is 2.62. The van der Waals surface area contributed by atoms with Crippen LogP contribution in [0.1, 0.15) is 106 Å². The SMILES string of the molecule is CC[P+](CC)(CC)c1c(F)c(F)c(-c2c3nc(c(-c4c(F)c(F)c([P+](CC)(CC)CC)c(F)c4F)c4ccc([nH]4)c(-c4c(F)c(F)c([P+](CC)(CC)CC)c(F)c4F)c4nc(c(-c5c(F)c(F)c([P+](CC)(CC)CC)c(F)c5F)c5ccc2[nH]5)C=C4)C=C3)c(F)c1F. The molecule has 7 aromatic rings. The van der Waals surface area contributed by atoms with E-state index in [1.165, 1.54) is 0 Å². The number of H-pyrrole nitrogens is 2. The maximum atomic E-state index is 17.6. The van der Waals surface area contributed by atoms with Gasteiger partial charge in [0.15, 0.2) is 67.8 Å². The van der Waals surface area contributed by atoms with E-state index in [4.69, 9.17) is 0 Å². The lowest BCUT2D eigenvalue weighted by Crippen LogP contribution is -2.27. The van der Waals surface area contributed by atoms with E-state index >= 15 is 70.2 Å². The van der Waals surface area contributed by atoms with Gasteiger partial charge in [-0.2, -0.15) is 35.1 Å². The van der Waals surface area contributed by atoms with Crippen molar-refractivity contribution in [2.75, 3.05) is 73.9 Å². The van der Waals surface area contributed by atoms with Crippen molar-refractivity contribution < 1.29 is 70.2 Å². The number of aromatic nitrogens is 4. The molecule has 8 bridgehead atoms. The highest BCUT2D eigenvalue weighted by Gasteiger charge is 2.49. The molecule has 490 valence electrons. The molecule has 5 heterocycles. The van der Waals surface area contributed by atoms with E-state index in [9.17, 15) is 0 Å². The zero-order chi connectivity index (χ0) is 67.8. The van der Waals surface area contributed by atoms with Crippen molar-refractivity contribution in [3.05, 3.63) is 140 Å². The summed E-state index contributed by atoms with van der Waals surface area (Å²) in [7, 11) is -12.0. The third kappa shape index (κ3) is 10.6. The molecule has 3 aromatic heterocycles. The first-order valence-corrected chi connectivity index (χ1v) is 40.1. The van der Waals surface area contributed by atoms with E-state index in [1.54, 1.807) is 83.1 Å². The highest BCUT2D eigenvalue weighted by atomic mass is 31.2. The van der Waals surface area contributed by atoms with Gasteiger partial charge in [-0.25, -0.2) is 45.1 Å². The Balaban J connectivity index is 1.60. The summed E-state index contributed by atoms with van der Waals surface area (Å²) in [4.78, 5) is 14.4. The van der Waals surface area contributed by atoms with Gasteiger partial charge in [-0.1, -0.05) is 0 Å². The summed E-state index contributed by atoms with van der Waals surface area (Å²) in [5.41, 5.74) is -14.7. The Bertz CT molecular complexity index is 3700. The smallest absolute Gasteiger partial charge is 0.204 e. The Hall–Kier alpha value is -5.92. The third-order valence-corrected chi connectivity index (χ3v) is 39.8. The van der Waals surface area contributed by atoms with Crippen molar-refractivity contribution in [1.29, 1.82) is 0 Å². The quantitative estimate of drug-likeness (QED) is 0.0454. The van der Waals surface area contributed by atoms with Gasteiger partial charge in [0.2, 0.25) is 46.5 Å². The van der Waals surface area contributed by atoms with Gasteiger partial charge in [0.25, 0.3) is 0 Å². The molecule has 2 aliphatic rings. The number of hydrogen-bond acceptors (Lipinski definition) is 2. The summed E-state index contributed by atoms with van der Waals surface area (Å²) in [6.07, 6.45) is 5.04. The number of nitrogens with zero attached hydrogens (tertiary/aromatic N) is 2. The number of benzene rings is 4. The average Bonchev–Trinajstić information content (AvgIpc) is 1.54. The molecule has 4 nitrogen and oxygen atoms in total. The van der Waals surface area contributed by atoms with Gasteiger partial charge in [0.1, 0.15) is 0 Å². The van der Waals surface area contributed by atoms with Crippen LogP contribution in [0.15, 0.2) is 24.3 Å². The normalized spacial score (nSPS) is 13.0. The molecule has 24 heteroatoms. The Morgan fingerprint density at radius 1 is 0.228 bits per heavy atom. The van der Waals surface area contributed by atoms with Crippen LogP contribution in [0.4, 0.5) is 70.2 Å². The monoisotopic (exact) mass is 1370 g/mol. The predicted octanol–water partition coefficient (Wildman–Crippen LogP) is 20.4. The number of rotatable bonds is 20. The fourth-order valence-electron chi connectivity index (χ4n) is 13.9. The maximum absolute atomic E-state index is 17.6. The minimum absolute atomic E-state index is 0.105. The van der Waals surface area contributed by atoms with Crippen LogP contribution >= 0.6 is 29.0 Å². The van der Waals surface area contributed by atoms with E-state index in [-0.39, 0.29) is 73.9 Å². The van der Waals surface area contributed by atoms with Crippen molar-refractivity contribution in [2.24, 2.45) is 0 Å². The third-order valence-electron chi connectivity index (χ3n) is 19.9. The molecule has 0 aliphatic carbocycles. The molecular weight excluding hydrogens is 1300 g/mol.